The lowest BCUT2D eigenvalue weighted by molar-refractivity contribution is -0.126. The van der Waals surface area contributed by atoms with Gasteiger partial charge in [-0.25, -0.2) is 4.79 Å². The topological polar surface area (TPSA) is 58.6 Å². The lowest BCUT2D eigenvalue weighted by atomic mass is 9.96. The van der Waals surface area contributed by atoms with Gasteiger partial charge in [0.1, 0.15) is 11.6 Å². The van der Waals surface area contributed by atoms with E-state index in [1.807, 2.05) is 20.8 Å². The van der Waals surface area contributed by atoms with Crippen molar-refractivity contribution in [2.45, 2.75) is 96.2 Å². The third-order valence-corrected chi connectivity index (χ3v) is 4.64. The predicted octanol–water partition coefficient (Wildman–Crippen LogP) is 3.62. The Morgan fingerprint density at radius 1 is 0.957 bits per heavy atom. The Labute approximate surface area is 140 Å². The van der Waals surface area contributed by atoms with Gasteiger partial charge in [-0.05, 0) is 46.5 Å². The molecule has 2 fully saturated rings. The van der Waals surface area contributed by atoms with E-state index in [9.17, 15) is 9.59 Å². The molecule has 2 rings (SSSR count). The van der Waals surface area contributed by atoms with Crippen LogP contribution in [0.4, 0.5) is 4.79 Å². The number of rotatable bonds is 2. The fraction of sp³-hybridized carbons (Fsp3) is 0.889. The van der Waals surface area contributed by atoms with Crippen LogP contribution in [0.15, 0.2) is 0 Å². The van der Waals surface area contributed by atoms with Crippen LogP contribution < -0.4 is 5.32 Å². The quantitative estimate of drug-likeness (QED) is 0.844. The molecule has 1 heterocycles. The molecule has 23 heavy (non-hydrogen) atoms. The molecule has 0 bridgehead atoms. The molecule has 1 saturated carbocycles. The van der Waals surface area contributed by atoms with Gasteiger partial charge in [0.2, 0.25) is 5.91 Å². The summed E-state index contributed by atoms with van der Waals surface area (Å²) in [6, 6.07) is -0.0980. The number of hydrogen-bond donors (Lipinski definition) is 1. The van der Waals surface area contributed by atoms with Crippen molar-refractivity contribution in [1.29, 1.82) is 0 Å². The third kappa shape index (κ3) is 5.70. The van der Waals surface area contributed by atoms with E-state index in [0.29, 0.717) is 6.54 Å². The van der Waals surface area contributed by atoms with E-state index in [-0.39, 0.29) is 24.1 Å². The number of amides is 2. The van der Waals surface area contributed by atoms with Crippen LogP contribution in [-0.4, -0.2) is 41.1 Å². The number of carbonyl (C=O) groups is 2. The van der Waals surface area contributed by atoms with E-state index >= 15 is 0 Å². The fourth-order valence-corrected chi connectivity index (χ4v) is 3.48. The number of nitrogens with one attached hydrogen (secondary N) is 1. The summed E-state index contributed by atoms with van der Waals surface area (Å²) in [6.45, 7) is 6.16. The number of ether oxygens (including phenoxy) is 1. The van der Waals surface area contributed by atoms with Crippen LogP contribution in [0.5, 0.6) is 0 Å². The van der Waals surface area contributed by atoms with Crippen molar-refractivity contribution in [2.75, 3.05) is 6.54 Å². The Balaban J connectivity index is 1.90. The second-order valence-corrected chi connectivity index (χ2v) is 7.88. The summed E-state index contributed by atoms with van der Waals surface area (Å²) in [7, 11) is 0. The summed E-state index contributed by atoms with van der Waals surface area (Å²) in [5, 5.41) is 3.19. The number of hydrogen-bond acceptors (Lipinski definition) is 3. The van der Waals surface area contributed by atoms with Crippen molar-refractivity contribution in [3.05, 3.63) is 0 Å². The van der Waals surface area contributed by atoms with Gasteiger partial charge in [-0.2, -0.15) is 0 Å². The van der Waals surface area contributed by atoms with Crippen molar-refractivity contribution < 1.29 is 14.3 Å². The average molecular weight is 324 g/mol. The molecule has 0 unspecified atom stereocenters. The van der Waals surface area contributed by atoms with Crippen LogP contribution in [0, 0.1) is 0 Å². The van der Waals surface area contributed by atoms with Crippen molar-refractivity contribution >= 4 is 12.0 Å². The molecule has 0 aromatic rings. The summed E-state index contributed by atoms with van der Waals surface area (Å²) < 4.78 is 5.44. The molecule has 1 aliphatic carbocycles. The number of likely N-dealkylation sites (tertiary alicyclic amines) is 1. The van der Waals surface area contributed by atoms with E-state index < -0.39 is 5.60 Å². The first-order valence-electron chi connectivity index (χ1n) is 9.17. The molecular formula is C18H32N2O3. The largest absolute Gasteiger partial charge is 0.444 e. The lowest BCUT2D eigenvalue weighted by Gasteiger charge is -2.29. The number of carbonyl (C=O) groups excluding carboxylic acids is 2. The highest BCUT2D eigenvalue weighted by atomic mass is 16.6. The van der Waals surface area contributed by atoms with Gasteiger partial charge in [-0.3, -0.25) is 9.69 Å². The van der Waals surface area contributed by atoms with Crippen molar-refractivity contribution in [2.24, 2.45) is 0 Å². The average Bonchev–Trinajstić information content (AvgIpc) is 2.89. The molecule has 1 saturated heterocycles. The Kier molecular flexibility index (Phi) is 6.31. The molecule has 0 aromatic heterocycles. The minimum atomic E-state index is -0.528. The van der Waals surface area contributed by atoms with Gasteiger partial charge in [0.25, 0.3) is 0 Å². The Bertz CT molecular complexity index is 409. The van der Waals surface area contributed by atoms with Gasteiger partial charge in [-0.1, -0.05) is 32.1 Å². The Morgan fingerprint density at radius 3 is 2.17 bits per heavy atom. The molecule has 0 spiro atoms. The van der Waals surface area contributed by atoms with Crippen LogP contribution in [0.1, 0.15) is 78.6 Å². The SMILES string of the molecule is CC(C)(C)OC(=O)N1CCC[C@H]1C(=O)NC1CCCCCCC1. The van der Waals surface area contributed by atoms with Crippen LogP contribution in [0.2, 0.25) is 0 Å². The zero-order chi connectivity index (χ0) is 16.9. The highest BCUT2D eigenvalue weighted by molar-refractivity contribution is 5.86. The summed E-state index contributed by atoms with van der Waals surface area (Å²) in [6.07, 6.45) is 9.56. The third-order valence-electron chi connectivity index (χ3n) is 4.64. The molecule has 5 heteroatoms. The van der Waals surface area contributed by atoms with E-state index in [1.54, 1.807) is 4.90 Å². The summed E-state index contributed by atoms with van der Waals surface area (Å²) in [4.78, 5) is 26.5. The maximum Gasteiger partial charge on any atom is 0.410 e. The molecule has 2 amide bonds. The second-order valence-electron chi connectivity index (χ2n) is 7.88. The molecule has 0 radical (unpaired) electrons. The smallest absolute Gasteiger partial charge is 0.410 e. The normalized spacial score (nSPS) is 24.0. The van der Waals surface area contributed by atoms with Crippen molar-refractivity contribution in [3.63, 3.8) is 0 Å². The maximum atomic E-state index is 12.6. The second kappa shape index (κ2) is 8.02. The van der Waals surface area contributed by atoms with E-state index in [1.165, 1.54) is 32.1 Å². The van der Waals surface area contributed by atoms with Crippen LogP contribution in [-0.2, 0) is 9.53 Å². The van der Waals surface area contributed by atoms with Gasteiger partial charge >= 0.3 is 6.09 Å². The zero-order valence-electron chi connectivity index (χ0n) is 14.9. The van der Waals surface area contributed by atoms with Gasteiger partial charge in [0.05, 0.1) is 0 Å². The van der Waals surface area contributed by atoms with Gasteiger partial charge in [0.15, 0.2) is 0 Å². The van der Waals surface area contributed by atoms with Gasteiger partial charge < -0.3 is 10.1 Å². The molecule has 1 aliphatic heterocycles. The molecule has 0 aromatic carbocycles. The lowest BCUT2D eigenvalue weighted by Crippen LogP contribution is -2.50. The summed E-state index contributed by atoms with van der Waals surface area (Å²) >= 11 is 0. The van der Waals surface area contributed by atoms with Gasteiger partial charge in [0, 0.05) is 12.6 Å². The van der Waals surface area contributed by atoms with Crippen LogP contribution in [0.25, 0.3) is 0 Å². The first-order chi connectivity index (χ1) is 10.9. The zero-order valence-corrected chi connectivity index (χ0v) is 14.9. The Hall–Kier alpha value is -1.26. The Morgan fingerprint density at radius 2 is 1.57 bits per heavy atom. The highest BCUT2D eigenvalue weighted by Crippen LogP contribution is 2.22. The van der Waals surface area contributed by atoms with Crippen LogP contribution >= 0.6 is 0 Å². The monoisotopic (exact) mass is 324 g/mol. The van der Waals surface area contributed by atoms with Gasteiger partial charge in [-0.15, -0.1) is 0 Å². The van der Waals surface area contributed by atoms with Crippen molar-refractivity contribution in [3.8, 4) is 0 Å². The first kappa shape index (κ1) is 18.1. The minimum Gasteiger partial charge on any atom is -0.444 e. The van der Waals surface area contributed by atoms with E-state index in [0.717, 1.165) is 25.7 Å². The molecule has 2 aliphatic rings. The minimum absolute atomic E-state index is 0.000988. The summed E-state index contributed by atoms with van der Waals surface area (Å²) in [5.41, 5.74) is -0.528. The molecule has 1 N–H and O–H groups in total. The highest BCUT2D eigenvalue weighted by Gasteiger charge is 2.37. The molecular weight excluding hydrogens is 292 g/mol. The molecule has 1 atom stereocenters. The standard InChI is InChI=1S/C18H32N2O3/c1-18(2,3)23-17(22)20-13-9-12-15(20)16(21)19-14-10-7-5-4-6-8-11-14/h14-15H,4-13H2,1-3H3,(H,19,21)/t15-/m0/s1. The first-order valence-corrected chi connectivity index (χ1v) is 9.17. The fourth-order valence-electron chi connectivity index (χ4n) is 3.48. The van der Waals surface area contributed by atoms with E-state index in [2.05, 4.69) is 5.32 Å². The summed E-state index contributed by atoms with van der Waals surface area (Å²) in [5.74, 6) is -0.000988. The predicted molar refractivity (Wildman–Crippen MR) is 90.2 cm³/mol. The van der Waals surface area contributed by atoms with Crippen LogP contribution in [0.3, 0.4) is 0 Å². The maximum absolute atomic E-state index is 12.6. The number of nitrogens with zero attached hydrogens (tertiary/aromatic N) is 1. The van der Waals surface area contributed by atoms with E-state index in [4.69, 9.17) is 4.74 Å². The van der Waals surface area contributed by atoms with Crippen molar-refractivity contribution in [1.82, 2.24) is 10.2 Å². The molecule has 5 nitrogen and oxygen atoms in total. The molecule has 132 valence electrons.